The Morgan fingerprint density at radius 3 is 2.35 bits per heavy atom. The average molecular weight is 447 g/mol. The number of halogens is 1. The molecule has 5 aliphatic rings. The zero-order chi connectivity index (χ0) is 21.4. The summed E-state index contributed by atoms with van der Waals surface area (Å²) < 4.78 is 11.1. The fourth-order valence-electron chi connectivity index (χ4n) is 6.81. The lowest BCUT2D eigenvalue weighted by Crippen LogP contribution is -2.48. The van der Waals surface area contributed by atoms with Crippen LogP contribution in [0.3, 0.4) is 0 Å². The van der Waals surface area contributed by atoms with E-state index in [2.05, 4.69) is 10.6 Å². The van der Waals surface area contributed by atoms with Gasteiger partial charge in [0.25, 0.3) is 0 Å². The molecule has 4 saturated carbocycles. The van der Waals surface area contributed by atoms with Crippen LogP contribution in [-0.2, 0) is 16.0 Å². The Bertz CT molecular complexity index is 836. The van der Waals surface area contributed by atoms with Crippen LogP contribution >= 0.6 is 11.6 Å². The lowest BCUT2D eigenvalue weighted by Gasteiger charge is -2.56. The van der Waals surface area contributed by atoms with Crippen LogP contribution in [0.4, 0.5) is 0 Å². The van der Waals surface area contributed by atoms with Gasteiger partial charge in [0, 0.05) is 13.0 Å². The topological polar surface area (TPSA) is 76.7 Å². The molecule has 1 aliphatic heterocycles. The molecule has 0 aromatic heterocycles. The van der Waals surface area contributed by atoms with Crippen molar-refractivity contribution in [3.63, 3.8) is 0 Å². The molecule has 4 bridgehead atoms. The first kappa shape index (κ1) is 20.9. The van der Waals surface area contributed by atoms with Gasteiger partial charge in [-0.1, -0.05) is 11.6 Å². The second-order valence-corrected chi connectivity index (χ2v) is 10.5. The van der Waals surface area contributed by atoms with Gasteiger partial charge >= 0.3 is 0 Å². The predicted octanol–water partition coefficient (Wildman–Crippen LogP) is 3.49. The molecule has 7 heteroatoms. The quantitative estimate of drug-likeness (QED) is 0.672. The maximum Gasteiger partial charge on any atom is 0.239 e. The molecule has 0 saturated heterocycles. The molecule has 0 atom stereocenters. The summed E-state index contributed by atoms with van der Waals surface area (Å²) in [5.41, 5.74) is 1.17. The van der Waals surface area contributed by atoms with Crippen LogP contribution in [0.2, 0.25) is 5.02 Å². The molecule has 6 nitrogen and oxygen atoms in total. The molecular weight excluding hydrogens is 416 g/mol. The molecule has 1 heterocycles. The molecule has 2 amide bonds. The third kappa shape index (κ3) is 4.64. The number of amides is 2. The highest BCUT2D eigenvalue weighted by Crippen LogP contribution is 2.61. The standard InChI is InChI=1S/C24H31ClN2O4/c25-19-8-15(9-20-23(19)31-4-3-30-20)1-2-26-22(29)14-27-21(28)13-24-10-16-5-17(11-24)7-18(6-16)12-24/h8-9,16-18H,1-7,10-14H2,(H,26,29)(H,27,28). The van der Waals surface area contributed by atoms with Crippen molar-refractivity contribution in [2.24, 2.45) is 23.2 Å². The first-order valence-electron chi connectivity index (χ1n) is 11.6. The van der Waals surface area contributed by atoms with E-state index in [0.29, 0.717) is 49.1 Å². The van der Waals surface area contributed by atoms with E-state index >= 15 is 0 Å². The van der Waals surface area contributed by atoms with Gasteiger partial charge in [-0.2, -0.15) is 0 Å². The molecule has 1 aromatic rings. The number of carbonyl (C=O) groups excluding carboxylic acids is 2. The average Bonchev–Trinajstić information content (AvgIpc) is 2.71. The van der Waals surface area contributed by atoms with E-state index in [9.17, 15) is 9.59 Å². The Hall–Kier alpha value is -1.95. The maximum atomic E-state index is 12.6. The van der Waals surface area contributed by atoms with E-state index in [-0.39, 0.29) is 23.8 Å². The van der Waals surface area contributed by atoms with Gasteiger partial charge in [-0.05, 0) is 85.8 Å². The Kier molecular flexibility index (Phi) is 5.76. The fourth-order valence-corrected chi connectivity index (χ4v) is 7.09. The van der Waals surface area contributed by atoms with Gasteiger partial charge in [0.2, 0.25) is 11.8 Å². The van der Waals surface area contributed by atoms with E-state index < -0.39 is 0 Å². The van der Waals surface area contributed by atoms with Gasteiger partial charge in [0.1, 0.15) is 13.2 Å². The van der Waals surface area contributed by atoms with E-state index in [4.69, 9.17) is 21.1 Å². The number of rotatable bonds is 7. The van der Waals surface area contributed by atoms with Gasteiger partial charge < -0.3 is 20.1 Å². The Balaban J connectivity index is 1.05. The molecule has 2 N–H and O–H groups in total. The van der Waals surface area contributed by atoms with Crippen molar-refractivity contribution in [3.05, 3.63) is 22.7 Å². The van der Waals surface area contributed by atoms with Crippen molar-refractivity contribution in [3.8, 4) is 11.5 Å². The minimum absolute atomic E-state index is 0.0238. The molecule has 0 radical (unpaired) electrons. The van der Waals surface area contributed by atoms with Crippen molar-refractivity contribution in [2.75, 3.05) is 26.3 Å². The molecule has 0 spiro atoms. The van der Waals surface area contributed by atoms with Crippen LogP contribution in [0.1, 0.15) is 50.5 Å². The number of carbonyl (C=O) groups is 2. The summed E-state index contributed by atoms with van der Waals surface area (Å²) in [6.45, 7) is 1.51. The monoisotopic (exact) mass is 446 g/mol. The van der Waals surface area contributed by atoms with Crippen molar-refractivity contribution in [1.82, 2.24) is 10.6 Å². The minimum Gasteiger partial charge on any atom is -0.486 e. The maximum absolute atomic E-state index is 12.6. The zero-order valence-corrected chi connectivity index (χ0v) is 18.6. The molecule has 1 aromatic carbocycles. The van der Waals surface area contributed by atoms with Crippen molar-refractivity contribution in [1.29, 1.82) is 0 Å². The van der Waals surface area contributed by atoms with Crippen molar-refractivity contribution < 1.29 is 19.1 Å². The second kappa shape index (κ2) is 8.53. The van der Waals surface area contributed by atoms with Crippen LogP contribution in [-0.4, -0.2) is 38.1 Å². The van der Waals surface area contributed by atoms with Gasteiger partial charge in [-0.3, -0.25) is 9.59 Å². The summed E-state index contributed by atoms with van der Waals surface area (Å²) in [7, 11) is 0. The first-order chi connectivity index (χ1) is 15.0. The normalized spacial score (nSPS) is 30.2. The number of hydrogen-bond donors (Lipinski definition) is 2. The van der Waals surface area contributed by atoms with Crippen LogP contribution in [0.25, 0.3) is 0 Å². The van der Waals surface area contributed by atoms with E-state index in [1.807, 2.05) is 12.1 Å². The number of ether oxygens (including phenoxy) is 2. The molecular formula is C24H31ClN2O4. The van der Waals surface area contributed by atoms with Crippen LogP contribution in [0, 0.1) is 23.2 Å². The highest BCUT2D eigenvalue weighted by Gasteiger charge is 2.51. The lowest BCUT2D eigenvalue weighted by molar-refractivity contribution is -0.131. The van der Waals surface area contributed by atoms with Gasteiger partial charge in [0.05, 0.1) is 11.6 Å². The minimum atomic E-state index is -0.164. The zero-order valence-electron chi connectivity index (χ0n) is 17.9. The highest BCUT2D eigenvalue weighted by atomic mass is 35.5. The van der Waals surface area contributed by atoms with Crippen LogP contribution in [0.5, 0.6) is 11.5 Å². The summed E-state index contributed by atoms with van der Waals surface area (Å²) in [6, 6.07) is 3.74. The SMILES string of the molecule is O=C(CNC(=O)CC12CC3CC(CC(C3)C1)C2)NCCc1cc(Cl)c2c(c1)OCCO2. The van der Waals surface area contributed by atoms with E-state index in [1.54, 1.807) is 0 Å². The van der Waals surface area contributed by atoms with Crippen LogP contribution in [0.15, 0.2) is 12.1 Å². The van der Waals surface area contributed by atoms with E-state index in [1.165, 1.54) is 38.5 Å². The summed E-state index contributed by atoms with van der Waals surface area (Å²) >= 11 is 6.26. The third-order valence-electron chi connectivity index (χ3n) is 7.54. The first-order valence-corrected chi connectivity index (χ1v) is 12.0. The molecule has 4 aliphatic carbocycles. The third-order valence-corrected chi connectivity index (χ3v) is 7.82. The van der Waals surface area contributed by atoms with Crippen LogP contribution < -0.4 is 20.1 Å². The Morgan fingerprint density at radius 1 is 0.968 bits per heavy atom. The predicted molar refractivity (Wildman–Crippen MR) is 117 cm³/mol. The van der Waals surface area contributed by atoms with Gasteiger partial charge in [-0.25, -0.2) is 0 Å². The van der Waals surface area contributed by atoms with E-state index in [0.717, 1.165) is 23.3 Å². The molecule has 31 heavy (non-hydrogen) atoms. The summed E-state index contributed by atoms with van der Waals surface area (Å²) in [6.07, 6.45) is 8.94. The van der Waals surface area contributed by atoms with Gasteiger partial charge in [0.15, 0.2) is 11.5 Å². The largest absolute Gasteiger partial charge is 0.486 e. The fraction of sp³-hybridized carbons (Fsp3) is 0.667. The lowest BCUT2D eigenvalue weighted by atomic mass is 9.49. The van der Waals surface area contributed by atoms with Crippen molar-refractivity contribution >= 4 is 23.4 Å². The van der Waals surface area contributed by atoms with Gasteiger partial charge in [-0.15, -0.1) is 0 Å². The Morgan fingerprint density at radius 2 is 1.65 bits per heavy atom. The molecule has 4 fully saturated rings. The molecule has 0 unspecified atom stereocenters. The molecule has 6 rings (SSSR count). The number of hydrogen-bond acceptors (Lipinski definition) is 4. The Labute approximate surface area is 188 Å². The number of benzene rings is 1. The molecule has 168 valence electrons. The number of nitrogens with one attached hydrogen (secondary N) is 2. The smallest absolute Gasteiger partial charge is 0.239 e. The summed E-state index contributed by atoms with van der Waals surface area (Å²) in [5, 5.41) is 6.25. The second-order valence-electron chi connectivity index (χ2n) is 10.1. The summed E-state index contributed by atoms with van der Waals surface area (Å²) in [5.74, 6) is 3.59. The number of fused-ring (bicyclic) bond motifs is 1. The summed E-state index contributed by atoms with van der Waals surface area (Å²) in [4.78, 5) is 24.8. The highest BCUT2D eigenvalue weighted by molar-refractivity contribution is 6.32. The van der Waals surface area contributed by atoms with Crippen molar-refractivity contribution in [2.45, 2.75) is 51.4 Å².